The van der Waals surface area contributed by atoms with Crippen LogP contribution in [0.15, 0.2) is 97.3 Å². The van der Waals surface area contributed by atoms with Gasteiger partial charge in [0.1, 0.15) is 0 Å². The van der Waals surface area contributed by atoms with Gasteiger partial charge in [-0.25, -0.2) is 0 Å². The Morgan fingerprint density at radius 1 is 0.607 bits per heavy atom. The van der Waals surface area contributed by atoms with E-state index < -0.39 is 0 Å². The molecule has 4 aromatic rings. The standard InChI is InChI=1S/C12H10BrN.C12H11NO/c13-8-10-6-7-12(14-9-10)11-4-2-1-3-5-11;14-9-10-6-7-12(13-8-10)11-4-2-1-3-5-11/h1-7,9H,8H2;1-8,14H,9H2. The van der Waals surface area contributed by atoms with Gasteiger partial charge in [-0.15, -0.1) is 0 Å². The summed E-state index contributed by atoms with van der Waals surface area (Å²) in [6.45, 7) is 0.0437. The van der Waals surface area contributed by atoms with Crippen LogP contribution in [0.4, 0.5) is 0 Å². The third kappa shape index (κ3) is 5.59. The summed E-state index contributed by atoms with van der Waals surface area (Å²) in [5.74, 6) is 0. The third-order valence-electron chi connectivity index (χ3n) is 4.13. The summed E-state index contributed by atoms with van der Waals surface area (Å²) in [4.78, 5) is 8.65. The zero-order chi connectivity index (χ0) is 19.6. The lowest BCUT2D eigenvalue weighted by Gasteiger charge is -2.00. The molecule has 2 heterocycles. The van der Waals surface area contributed by atoms with Crippen molar-refractivity contribution in [1.82, 2.24) is 9.97 Å². The average molecular weight is 433 g/mol. The monoisotopic (exact) mass is 432 g/mol. The molecule has 1 N–H and O–H groups in total. The normalized spacial score (nSPS) is 10.1. The minimum absolute atomic E-state index is 0.0437. The minimum atomic E-state index is 0.0437. The molecule has 0 radical (unpaired) electrons. The number of aliphatic hydroxyl groups excluding tert-OH is 1. The van der Waals surface area contributed by atoms with Gasteiger partial charge in [0.05, 0.1) is 18.0 Å². The number of pyridine rings is 2. The zero-order valence-corrected chi connectivity index (χ0v) is 17.0. The van der Waals surface area contributed by atoms with E-state index in [0.717, 1.165) is 33.4 Å². The van der Waals surface area contributed by atoms with Gasteiger partial charge in [0.25, 0.3) is 0 Å². The van der Waals surface area contributed by atoms with Crippen LogP contribution in [0, 0.1) is 0 Å². The Kier molecular flexibility index (Phi) is 7.47. The minimum Gasteiger partial charge on any atom is -0.392 e. The molecular weight excluding hydrogens is 412 g/mol. The summed E-state index contributed by atoms with van der Waals surface area (Å²) in [6.07, 6.45) is 3.60. The Balaban J connectivity index is 0.000000161. The van der Waals surface area contributed by atoms with E-state index in [4.69, 9.17) is 5.11 Å². The molecule has 0 aliphatic rings. The molecule has 0 saturated carbocycles. The van der Waals surface area contributed by atoms with Gasteiger partial charge in [0.2, 0.25) is 0 Å². The Morgan fingerprint density at radius 3 is 1.43 bits per heavy atom. The Labute approximate surface area is 173 Å². The fourth-order valence-corrected chi connectivity index (χ4v) is 2.91. The Hall–Kier alpha value is -2.82. The van der Waals surface area contributed by atoms with Crippen LogP contribution < -0.4 is 0 Å². The van der Waals surface area contributed by atoms with Crippen molar-refractivity contribution in [2.24, 2.45) is 0 Å². The summed E-state index contributed by atoms with van der Waals surface area (Å²) in [7, 11) is 0. The molecule has 0 atom stereocenters. The van der Waals surface area contributed by atoms with Crippen molar-refractivity contribution in [3.8, 4) is 22.5 Å². The molecule has 0 unspecified atom stereocenters. The van der Waals surface area contributed by atoms with E-state index in [1.807, 2.05) is 72.9 Å². The van der Waals surface area contributed by atoms with Gasteiger partial charge in [-0.1, -0.05) is 88.7 Å². The van der Waals surface area contributed by atoms with Gasteiger partial charge in [-0.3, -0.25) is 9.97 Å². The summed E-state index contributed by atoms with van der Waals surface area (Å²) in [6, 6.07) is 28.1. The van der Waals surface area contributed by atoms with Crippen molar-refractivity contribution in [3.05, 3.63) is 108 Å². The Morgan fingerprint density at radius 2 is 1.07 bits per heavy atom. The van der Waals surface area contributed by atoms with Crippen LogP contribution in [0.1, 0.15) is 11.1 Å². The first-order valence-electron chi connectivity index (χ1n) is 8.97. The zero-order valence-electron chi connectivity index (χ0n) is 15.4. The Bertz CT molecular complexity index is 874. The van der Waals surface area contributed by atoms with Crippen LogP contribution in [0.5, 0.6) is 0 Å². The van der Waals surface area contributed by atoms with Crippen LogP contribution in [0.3, 0.4) is 0 Å². The largest absolute Gasteiger partial charge is 0.392 e. The number of benzene rings is 2. The number of alkyl halides is 1. The van der Waals surface area contributed by atoms with Crippen molar-refractivity contribution in [3.63, 3.8) is 0 Å². The molecule has 140 valence electrons. The third-order valence-corrected chi connectivity index (χ3v) is 4.77. The number of hydrogen-bond donors (Lipinski definition) is 1. The lowest BCUT2D eigenvalue weighted by atomic mass is 10.1. The van der Waals surface area contributed by atoms with Crippen molar-refractivity contribution in [1.29, 1.82) is 0 Å². The predicted octanol–water partition coefficient (Wildman–Crippen LogP) is 5.88. The fourth-order valence-electron chi connectivity index (χ4n) is 2.58. The smallest absolute Gasteiger partial charge is 0.0702 e. The van der Waals surface area contributed by atoms with Crippen LogP contribution in [0.2, 0.25) is 0 Å². The molecule has 0 aliphatic carbocycles. The number of aromatic nitrogens is 2. The van der Waals surface area contributed by atoms with Gasteiger partial charge in [-0.2, -0.15) is 0 Å². The highest BCUT2D eigenvalue weighted by atomic mass is 79.9. The lowest BCUT2D eigenvalue weighted by Crippen LogP contribution is -1.87. The molecule has 28 heavy (non-hydrogen) atoms. The van der Waals surface area contributed by atoms with Crippen LogP contribution in [-0.2, 0) is 11.9 Å². The van der Waals surface area contributed by atoms with E-state index >= 15 is 0 Å². The number of halogens is 1. The summed E-state index contributed by atoms with van der Waals surface area (Å²) >= 11 is 3.40. The molecule has 4 heteroatoms. The van der Waals surface area contributed by atoms with E-state index in [1.54, 1.807) is 6.20 Å². The first kappa shape index (κ1) is 19.9. The van der Waals surface area contributed by atoms with Crippen LogP contribution in [0.25, 0.3) is 22.5 Å². The number of hydrogen-bond acceptors (Lipinski definition) is 3. The topological polar surface area (TPSA) is 46.0 Å². The van der Waals surface area contributed by atoms with Gasteiger partial charge >= 0.3 is 0 Å². The molecule has 0 bridgehead atoms. The first-order chi connectivity index (χ1) is 13.8. The number of aliphatic hydroxyl groups is 1. The average Bonchev–Trinajstić information content (AvgIpc) is 2.81. The van der Waals surface area contributed by atoms with E-state index in [2.05, 4.69) is 44.1 Å². The van der Waals surface area contributed by atoms with Crippen molar-refractivity contribution >= 4 is 15.9 Å². The van der Waals surface area contributed by atoms with Gasteiger partial charge in [-0.05, 0) is 23.3 Å². The van der Waals surface area contributed by atoms with E-state index in [9.17, 15) is 0 Å². The molecule has 0 amide bonds. The maximum Gasteiger partial charge on any atom is 0.0702 e. The molecule has 2 aromatic carbocycles. The molecule has 0 aliphatic heterocycles. The second kappa shape index (κ2) is 10.5. The molecule has 0 spiro atoms. The molecule has 4 rings (SSSR count). The van der Waals surface area contributed by atoms with Crippen molar-refractivity contribution < 1.29 is 5.11 Å². The highest BCUT2D eigenvalue weighted by Gasteiger charge is 1.98. The maximum atomic E-state index is 8.86. The quantitative estimate of drug-likeness (QED) is 0.409. The van der Waals surface area contributed by atoms with Gasteiger partial charge < -0.3 is 5.11 Å². The highest BCUT2D eigenvalue weighted by Crippen LogP contribution is 2.17. The molecule has 0 saturated heterocycles. The van der Waals surface area contributed by atoms with E-state index in [-0.39, 0.29) is 6.61 Å². The van der Waals surface area contributed by atoms with Crippen molar-refractivity contribution in [2.75, 3.05) is 0 Å². The van der Waals surface area contributed by atoms with Gasteiger partial charge in [0, 0.05) is 28.9 Å². The first-order valence-corrected chi connectivity index (χ1v) is 10.1. The number of nitrogens with zero attached hydrogens (tertiary/aromatic N) is 2. The van der Waals surface area contributed by atoms with E-state index in [0.29, 0.717) is 0 Å². The summed E-state index contributed by atoms with van der Waals surface area (Å²) < 4.78 is 0. The number of rotatable bonds is 4. The van der Waals surface area contributed by atoms with Crippen molar-refractivity contribution in [2.45, 2.75) is 11.9 Å². The highest BCUT2D eigenvalue weighted by molar-refractivity contribution is 9.08. The van der Waals surface area contributed by atoms with Gasteiger partial charge in [0.15, 0.2) is 0 Å². The summed E-state index contributed by atoms with van der Waals surface area (Å²) in [5, 5.41) is 9.72. The molecular formula is C24H21BrN2O. The fraction of sp³-hybridized carbons (Fsp3) is 0.0833. The summed E-state index contributed by atoms with van der Waals surface area (Å²) in [5.41, 5.74) is 6.25. The van der Waals surface area contributed by atoms with E-state index in [1.165, 1.54) is 5.56 Å². The SMILES string of the molecule is BrCc1ccc(-c2ccccc2)nc1.OCc1ccc(-c2ccccc2)nc1. The van der Waals surface area contributed by atoms with Crippen LogP contribution >= 0.6 is 15.9 Å². The lowest BCUT2D eigenvalue weighted by molar-refractivity contribution is 0.281. The second-order valence-electron chi connectivity index (χ2n) is 6.13. The second-order valence-corrected chi connectivity index (χ2v) is 6.69. The molecule has 2 aromatic heterocycles. The predicted molar refractivity (Wildman–Crippen MR) is 118 cm³/mol. The van der Waals surface area contributed by atoms with Crippen LogP contribution in [-0.4, -0.2) is 15.1 Å². The molecule has 3 nitrogen and oxygen atoms in total. The molecule has 0 fully saturated rings. The maximum absolute atomic E-state index is 8.86.